The van der Waals surface area contributed by atoms with Crippen molar-refractivity contribution in [3.05, 3.63) is 48.6 Å². The van der Waals surface area contributed by atoms with Crippen molar-refractivity contribution in [3.63, 3.8) is 0 Å². The van der Waals surface area contributed by atoms with E-state index in [2.05, 4.69) is 53.6 Å². The zero-order valence-corrected chi connectivity index (χ0v) is 11.2. The molecule has 2 rings (SSSR count). The molecular weight excluding hydrogens is 226 g/mol. The topological polar surface area (TPSA) is 3.24 Å². The van der Waals surface area contributed by atoms with Crippen molar-refractivity contribution >= 4 is 11.8 Å². The Kier molecular flexibility index (Phi) is 5.14. The lowest BCUT2D eigenvalue weighted by Gasteiger charge is -2.27. The molecule has 1 aromatic rings. The second kappa shape index (κ2) is 6.87. The third kappa shape index (κ3) is 3.90. The monoisotopic (exact) mass is 247 g/mol. The van der Waals surface area contributed by atoms with Gasteiger partial charge in [0.05, 0.1) is 0 Å². The van der Waals surface area contributed by atoms with Crippen LogP contribution in [0.2, 0.25) is 0 Å². The molecule has 0 aromatic heterocycles. The van der Waals surface area contributed by atoms with Crippen LogP contribution in [0.1, 0.15) is 12.0 Å². The molecule has 1 heterocycles. The Morgan fingerprint density at radius 3 is 2.82 bits per heavy atom. The minimum absolute atomic E-state index is 0.765. The standard InChI is InChI=1S/C15H21NS/c1-2-10-16(15-9-12-17-13-15)11-8-14-6-4-3-5-7-14/h2-7,15H,1,8-13H2/t15-/m1/s1. The van der Waals surface area contributed by atoms with Gasteiger partial charge in [-0.1, -0.05) is 36.4 Å². The lowest BCUT2D eigenvalue weighted by atomic mass is 10.1. The van der Waals surface area contributed by atoms with Gasteiger partial charge in [0, 0.05) is 24.9 Å². The molecule has 1 fully saturated rings. The summed E-state index contributed by atoms with van der Waals surface area (Å²) in [5.41, 5.74) is 1.44. The first-order chi connectivity index (χ1) is 8.40. The molecule has 0 unspecified atom stereocenters. The predicted molar refractivity (Wildman–Crippen MR) is 77.6 cm³/mol. The quantitative estimate of drug-likeness (QED) is 0.710. The molecule has 1 saturated heterocycles. The summed E-state index contributed by atoms with van der Waals surface area (Å²) in [4.78, 5) is 2.58. The van der Waals surface area contributed by atoms with E-state index in [1.807, 2.05) is 6.08 Å². The number of thioether (sulfide) groups is 1. The van der Waals surface area contributed by atoms with Crippen LogP contribution < -0.4 is 0 Å². The highest BCUT2D eigenvalue weighted by Gasteiger charge is 2.21. The van der Waals surface area contributed by atoms with Crippen LogP contribution in [0.4, 0.5) is 0 Å². The van der Waals surface area contributed by atoms with Crippen LogP contribution in [0.25, 0.3) is 0 Å². The van der Waals surface area contributed by atoms with E-state index in [0.29, 0.717) is 0 Å². The fourth-order valence-electron chi connectivity index (χ4n) is 2.32. The zero-order valence-electron chi connectivity index (χ0n) is 10.3. The minimum atomic E-state index is 0.765. The van der Waals surface area contributed by atoms with Crippen LogP contribution in [0.5, 0.6) is 0 Å². The number of hydrogen-bond donors (Lipinski definition) is 0. The number of hydrogen-bond acceptors (Lipinski definition) is 2. The van der Waals surface area contributed by atoms with Crippen LogP contribution in [0.15, 0.2) is 43.0 Å². The van der Waals surface area contributed by atoms with Crippen LogP contribution in [0, 0.1) is 0 Å². The summed E-state index contributed by atoms with van der Waals surface area (Å²) >= 11 is 2.08. The Bertz CT molecular complexity index is 330. The molecule has 0 aliphatic carbocycles. The van der Waals surface area contributed by atoms with E-state index >= 15 is 0 Å². The van der Waals surface area contributed by atoms with E-state index < -0.39 is 0 Å². The summed E-state index contributed by atoms with van der Waals surface area (Å²) in [6.07, 6.45) is 4.52. The molecule has 1 aliphatic heterocycles. The molecular formula is C15H21NS. The molecule has 0 N–H and O–H groups in total. The van der Waals surface area contributed by atoms with E-state index in [0.717, 1.165) is 25.6 Å². The average molecular weight is 247 g/mol. The predicted octanol–water partition coefficient (Wildman–Crippen LogP) is 3.22. The van der Waals surface area contributed by atoms with Gasteiger partial charge in [0.15, 0.2) is 0 Å². The van der Waals surface area contributed by atoms with Crippen LogP contribution in [-0.2, 0) is 6.42 Å². The molecule has 1 aliphatic rings. The Balaban J connectivity index is 1.86. The molecule has 92 valence electrons. The van der Waals surface area contributed by atoms with E-state index in [9.17, 15) is 0 Å². The maximum absolute atomic E-state index is 3.88. The average Bonchev–Trinajstić information content (AvgIpc) is 2.89. The van der Waals surface area contributed by atoms with Crippen molar-refractivity contribution in [2.24, 2.45) is 0 Å². The normalized spacial score (nSPS) is 19.7. The molecule has 0 saturated carbocycles. The first-order valence-electron chi connectivity index (χ1n) is 6.37. The van der Waals surface area contributed by atoms with Gasteiger partial charge in [-0.2, -0.15) is 11.8 Å². The SMILES string of the molecule is C=CCN(CCc1ccccc1)[C@@H]1CCSC1. The Morgan fingerprint density at radius 1 is 1.35 bits per heavy atom. The summed E-state index contributed by atoms with van der Waals surface area (Å²) in [7, 11) is 0. The molecule has 0 bridgehead atoms. The van der Waals surface area contributed by atoms with Crippen LogP contribution >= 0.6 is 11.8 Å². The largest absolute Gasteiger partial charge is 0.296 e. The van der Waals surface area contributed by atoms with Gasteiger partial charge < -0.3 is 0 Å². The third-order valence-electron chi connectivity index (χ3n) is 3.32. The van der Waals surface area contributed by atoms with Gasteiger partial charge in [-0.05, 0) is 24.2 Å². The molecule has 0 radical (unpaired) electrons. The van der Waals surface area contributed by atoms with Gasteiger partial charge in [-0.25, -0.2) is 0 Å². The minimum Gasteiger partial charge on any atom is -0.296 e. The molecule has 0 spiro atoms. The van der Waals surface area contributed by atoms with Crippen molar-refractivity contribution < 1.29 is 0 Å². The Morgan fingerprint density at radius 2 is 2.18 bits per heavy atom. The summed E-state index contributed by atoms with van der Waals surface area (Å²) in [6, 6.07) is 11.5. The van der Waals surface area contributed by atoms with Gasteiger partial charge in [0.2, 0.25) is 0 Å². The second-order valence-electron chi connectivity index (χ2n) is 4.54. The van der Waals surface area contributed by atoms with Crippen LogP contribution in [0.3, 0.4) is 0 Å². The lowest BCUT2D eigenvalue weighted by Crippen LogP contribution is -2.36. The molecule has 0 amide bonds. The summed E-state index contributed by atoms with van der Waals surface area (Å²) in [5.74, 6) is 2.62. The lowest BCUT2D eigenvalue weighted by molar-refractivity contribution is 0.239. The maximum Gasteiger partial charge on any atom is 0.0197 e. The molecule has 2 heteroatoms. The number of rotatable bonds is 6. The second-order valence-corrected chi connectivity index (χ2v) is 5.69. The molecule has 1 aromatic carbocycles. The van der Waals surface area contributed by atoms with Gasteiger partial charge in [-0.3, -0.25) is 4.90 Å². The molecule has 1 nitrogen and oxygen atoms in total. The number of benzene rings is 1. The fraction of sp³-hybridized carbons (Fsp3) is 0.467. The highest BCUT2D eigenvalue weighted by Crippen LogP contribution is 2.22. The smallest absolute Gasteiger partial charge is 0.0197 e. The highest BCUT2D eigenvalue weighted by atomic mass is 32.2. The van der Waals surface area contributed by atoms with Crippen molar-refractivity contribution in [1.29, 1.82) is 0 Å². The van der Waals surface area contributed by atoms with Gasteiger partial charge >= 0.3 is 0 Å². The van der Waals surface area contributed by atoms with Gasteiger partial charge in [0.1, 0.15) is 0 Å². The molecule has 17 heavy (non-hydrogen) atoms. The number of nitrogens with zero attached hydrogens (tertiary/aromatic N) is 1. The summed E-state index contributed by atoms with van der Waals surface area (Å²) < 4.78 is 0. The highest BCUT2D eigenvalue weighted by molar-refractivity contribution is 7.99. The van der Waals surface area contributed by atoms with Crippen LogP contribution in [-0.4, -0.2) is 35.5 Å². The van der Waals surface area contributed by atoms with E-state index in [1.165, 1.54) is 23.5 Å². The van der Waals surface area contributed by atoms with Crippen molar-refractivity contribution in [3.8, 4) is 0 Å². The van der Waals surface area contributed by atoms with Crippen molar-refractivity contribution in [2.45, 2.75) is 18.9 Å². The van der Waals surface area contributed by atoms with Gasteiger partial charge in [0.25, 0.3) is 0 Å². The Hall–Kier alpha value is -0.730. The van der Waals surface area contributed by atoms with E-state index in [1.54, 1.807) is 0 Å². The summed E-state index contributed by atoms with van der Waals surface area (Å²) in [5, 5.41) is 0. The third-order valence-corrected chi connectivity index (χ3v) is 4.46. The van der Waals surface area contributed by atoms with Gasteiger partial charge in [-0.15, -0.1) is 6.58 Å². The van der Waals surface area contributed by atoms with Crippen molar-refractivity contribution in [2.75, 3.05) is 24.6 Å². The van der Waals surface area contributed by atoms with E-state index in [-0.39, 0.29) is 0 Å². The first-order valence-corrected chi connectivity index (χ1v) is 7.52. The van der Waals surface area contributed by atoms with Crippen molar-refractivity contribution in [1.82, 2.24) is 4.90 Å². The Labute approximate surface area is 109 Å². The molecule has 1 atom stereocenters. The van der Waals surface area contributed by atoms with E-state index in [4.69, 9.17) is 0 Å². The maximum atomic E-state index is 3.88. The first kappa shape index (κ1) is 12.7. The summed E-state index contributed by atoms with van der Waals surface area (Å²) in [6.45, 7) is 6.06. The zero-order chi connectivity index (χ0) is 11.9. The fourth-order valence-corrected chi connectivity index (χ4v) is 3.57.